The lowest BCUT2D eigenvalue weighted by Gasteiger charge is -2.12. The number of para-hydroxylation sites is 1. The molecule has 4 heteroatoms. The molecule has 104 valence electrons. The van der Waals surface area contributed by atoms with Gasteiger partial charge in [0, 0.05) is 35.0 Å². The van der Waals surface area contributed by atoms with Gasteiger partial charge in [-0.25, -0.2) is 0 Å². The third-order valence-electron chi connectivity index (χ3n) is 3.52. The number of ether oxygens (including phenoxy) is 1. The van der Waals surface area contributed by atoms with Crippen molar-refractivity contribution in [2.75, 3.05) is 24.3 Å². The summed E-state index contributed by atoms with van der Waals surface area (Å²) in [7, 11) is 1.68. The first-order valence-corrected chi connectivity index (χ1v) is 7.48. The minimum absolute atomic E-state index is 0.801. The molecular weight excluding hydrogens is 316 g/mol. The van der Waals surface area contributed by atoms with Crippen molar-refractivity contribution in [3.63, 3.8) is 0 Å². The molecular formula is C16H17BrN2O. The van der Waals surface area contributed by atoms with E-state index in [1.807, 2.05) is 12.1 Å². The monoisotopic (exact) mass is 332 g/mol. The largest absolute Gasteiger partial charge is 0.497 e. The van der Waals surface area contributed by atoms with Gasteiger partial charge >= 0.3 is 0 Å². The topological polar surface area (TPSA) is 33.3 Å². The molecule has 1 heterocycles. The third kappa shape index (κ3) is 2.75. The number of halogens is 1. The van der Waals surface area contributed by atoms with Crippen molar-refractivity contribution in [2.24, 2.45) is 0 Å². The number of methoxy groups -OCH3 is 1. The Hall–Kier alpha value is -1.68. The maximum absolute atomic E-state index is 5.28. The van der Waals surface area contributed by atoms with Crippen LogP contribution in [-0.4, -0.2) is 13.7 Å². The first kappa shape index (κ1) is 13.3. The van der Waals surface area contributed by atoms with Crippen LogP contribution in [0.5, 0.6) is 5.75 Å². The van der Waals surface area contributed by atoms with E-state index in [0.29, 0.717) is 0 Å². The fourth-order valence-corrected chi connectivity index (χ4v) is 3.01. The molecule has 2 aromatic carbocycles. The molecule has 3 nitrogen and oxygen atoms in total. The number of rotatable bonds is 4. The Morgan fingerprint density at radius 2 is 2.20 bits per heavy atom. The fourth-order valence-electron chi connectivity index (χ4n) is 2.54. The molecule has 1 aliphatic rings. The molecule has 1 aliphatic heterocycles. The van der Waals surface area contributed by atoms with Gasteiger partial charge < -0.3 is 15.4 Å². The zero-order valence-corrected chi connectivity index (χ0v) is 13.0. The van der Waals surface area contributed by atoms with Crippen molar-refractivity contribution < 1.29 is 4.74 Å². The second kappa shape index (κ2) is 5.75. The third-order valence-corrected chi connectivity index (χ3v) is 3.98. The van der Waals surface area contributed by atoms with Crippen molar-refractivity contribution in [3.8, 4) is 5.75 Å². The summed E-state index contributed by atoms with van der Waals surface area (Å²) >= 11 is 3.50. The van der Waals surface area contributed by atoms with Gasteiger partial charge in [0.2, 0.25) is 0 Å². The summed E-state index contributed by atoms with van der Waals surface area (Å²) in [5.41, 5.74) is 5.06. The molecule has 0 aliphatic carbocycles. The van der Waals surface area contributed by atoms with Gasteiger partial charge in [-0.3, -0.25) is 0 Å². The Kier molecular flexibility index (Phi) is 3.83. The van der Waals surface area contributed by atoms with Crippen LogP contribution in [0, 0.1) is 0 Å². The molecule has 3 rings (SSSR count). The van der Waals surface area contributed by atoms with Crippen molar-refractivity contribution in [1.82, 2.24) is 0 Å². The van der Waals surface area contributed by atoms with Crippen molar-refractivity contribution in [2.45, 2.75) is 13.0 Å². The Bertz CT molecular complexity index is 628. The normalized spacial score (nSPS) is 12.7. The highest BCUT2D eigenvalue weighted by atomic mass is 79.9. The molecule has 2 aromatic rings. The van der Waals surface area contributed by atoms with E-state index in [2.05, 4.69) is 50.8 Å². The Labute approximate surface area is 127 Å². The maximum atomic E-state index is 5.28. The summed E-state index contributed by atoms with van der Waals surface area (Å²) in [4.78, 5) is 0. The summed E-state index contributed by atoms with van der Waals surface area (Å²) in [5.74, 6) is 0.846. The van der Waals surface area contributed by atoms with Gasteiger partial charge in [-0.1, -0.05) is 34.1 Å². The van der Waals surface area contributed by atoms with E-state index in [1.165, 1.54) is 16.8 Å². The van der Waals surface area contributed by atoms with Crippen LogP contribution < -0.4 is 15.4 Å². The van der Waals surface area contributed by atoms with E-state index < -0.39 is 0 Å². The second-order valence-corrected chi connectivity index (χ2v) is 5.78. The van der Waals surface area contributed by atoms with Gasteiger partial charge in [-0.2, -0.15) is 0 Å². The zero-order valence-electron chi connectivity index (χ0n) is 11.4. The maximum Gasteiger partial charge on any atom is 0.122 e. The van der Waals surface area contributed by atoms with Crippen molar-refractivity contribution in [1.29, 1.82) is 0 Å². The van der Waals surface area contributed by atoms with Crippen LogP contribution in [0.1, 0.15) is 11.1 Å². The number of hydrogen-bond acceptors (Lipinski definition) is 3. The summed E-state index contributed by atoms with van der Waals surface area (Å²) in [6.07, 6.45) is 1.12. The van der Waals surface area contributed by atoms with E-state index in [0.717, 1.165) is 35.4 Å². The van der Waals surface area contributed by atoms with Gasteiger partial charge in [0.25, 0.3) is 0 Å². The van der Waals surface area contributed by atoms with E-state index in [-0.39, 0.29) is 0 Å². The predicted octanol–water partition coefficient (Wildman–Crippen LogP) is 4.04. The molecule has 2 N–H and O–H groups in total. The van der Waals surface area contributed by atoms with Crippen molar-refractivity contribution >= 4 is 27.3 Å². The van der Waals surface area contributed by atoms with Gasteiger partial charge in [0.15, 0.2) is 0 Å². The number of nitrogens with one attached hydrogen (secondary N) is 2. The molecule has 0 saturated heterocycles. The quantitative estimate of drug-likeness (QED) is 0.886. The summed E-state index contributed by atoms with van der Waals surface area (Å²) in [5, 5.41) is 6.92. The molecule has 0 unspecified atom stereocenters. The van der Waals surface area contributed by atoms with Crippen LogP contribution in [0.25, 0.3) is 0 Å². The lowest BCUT2D eigenvalue weighted by molar-refractivity contribution is 0.414. The smallest absolute Gasteiger partial charge is 0.122 e. The average molecular weight is 333 g/mol. The van der Waals surface area contributed by atoms with Crippen LogP contribution >= 0.6 is 15.9 Å². The predicted molar refractivity (Wildman–Crippen MR) is 86.7 cm³/mol. The highest BCUT2D eigenvalue weighted by molar-refractivity contribution is 9.10. The SMILES string of the molecule is COc1cc(Br)cc(NCc2cccc3c2NCC3)c1. The summed E-state index contributed by atoms with van der Waals surface area (Å²) in [6, 6.07) is 12.5. The van der Waals surface area contributed by atoms with Crippen LogP contribution in [0.4, 0.5) is 11.4 Å². The van der Waals surface area contributed by atoms with Crippen molar-refractivity contribution in [3.05, 3.63) is 52.0 Å². The lowest BCUT2D eigenvalue weighted by Crippen LogP contribution is -2.03. The standard InChI is InChI=1S/C16H17BrN2O/c1-20-15-8-13(17)7-14(9-15)19-10-12-4-2-3-11-5-6-18-16(11)12/h2-4,7-9,18-19H,5-6,10H2,1H3. The number of anilines is 2. The van der Waals surface area contributed by atoms with Gasteiger partial charge in [-0.15, -0.1) is 0 Å². The highest BCUT2D eigenvalue weighted by Gasteiger charge is 2.13. The van der Waals surface area contributed by atoms with E-state index in [1.54, 1.807) is 7.11 Å². The van der Waals surface area contributed by atoms with Gasteiger partial charge in [0.1, 0.15) is 5.75 Å². The molecule has 0 amide bonds. The minimum Gasteiger partial charge on any atom is -0.497 e. The number of benzene rings is 2. The average Bonchev–Trinajstić information content (AvgIpc) is 2.93. The van der Waals surface area contributed by atoms with Gasteiger partial charge in [0.05, 0.1) is 7.11 Å². The van der Waals surface area contributed by atoms with E-state index in [9.17, 15) is 0 Å². The van der Waals surface area contributed by atoms with Crippen LogP contribution in [0.2, 0.25) is 0 Å². The highest BCUT2D eigenvalue weighted by Crippen LogP contribution is 2.28. The fraction of sp³-hybridized carbons (Fsp3) is 0.250. The zero-order chi connectivity index (χ0) is 13.9. The number of fused-ring (bicyclic) bond motifs is 1. The van der Waals surface area contributed by atoms with Crippen LogP contribution in [0.15, 0.2) is 40.9 Å². The first-order chi connectivity index (χ1) is 9.76. The Morgan fingerprint density at radius 3 is 3.05 bits per heavy atom. The molecule has 20 heavy (non-hydrogen) atoms. The summed E-state index contributed by atoms with van der Waals surface area (Å²) in [6.45, 7) is 1.84. The van der Waals surface area contributed by atoms with Gasteiger partial charge in [-0.05, 0) is 29.7 Å². The second-order valence-electron chi connectivity index (χ2n) is 4.86. The Morgan fingerprint density at radius 1 is 1.30 bits per heavy atom. The minimum atomic E-state index is 0.801. The first-order valence-electron chi connectivity index (χ1n) is 6.69. The Balaban J connectivity index is 1.77. The molecule has 0 aromatic heterocycles. The molecule has 0 atom stereocenters. The van der Waals surface area contributed by atoms with Crippen LogP contribution in [-0.2, 0) is 13.0 Å². The van der Waals surface area contributed by atoms with E-state index >= 15 is 0 Å². The molecule has 0 radical (unpaired) electrons. The van der Waals surface area contributed by atoms with E-state index in [4.69, 9.17) is 4.74 Å². The molecule has 0 spiro atoms. The molecule has 0 fully saturated rings. The molecule has 0 saturated carbocycles. The molecule has 0 bridgehead atoms. The van der Waals surface area contributed by atoms with Crippen LogP contribution in [0.3, 0.4) is 0 Å². The number of hydrogen-bond donors (Lipinski definition) is 2. The lowest BCUT2D eigenvalue weighted by atomic mass is 10.1. The summed E-state index contributed by atoms with van der Waals surface area (Å²) < 4.78 is 6.29.